The maximum absolute atomic E-state index is 9.78. The Hall–Kier alpha value is -1.13. The summed E-state index contributed by atoms with van der Waals surface area (Å²) in [6.07, 6.45) is 1.33. The van der Waals surface area contributed by atoms with E-state index in [-0.39, 0.29) is 0 Å². The van der Waals surface area contributed by atoms with E-state index in [1.807, 2.05) is 12.1 Å². The molecule has 0 saturated carbocycles. The highest BCUT2D eigenvalue weighted by Crippen LogP contribution is 2.25. The minimum atomic E-state index is -0.464. The average molecular weight is 235 g/mol. The zero-order valence-corrected chi connectivity index (χ0v) is 10.8. The molecular formula is C13H21N3O. The maximum Gasteiger partial charge on any atom is 0.134 e. The van der Waals surface area contributed by atoms with E-state index in [1.165, 1.54) is 0 Å². The van der Waals surface area contributed by atoms with Crippen LogP contribution >= 0.6 is 0 Å². The largest absolute Gasteiger partial charge is 0.389 e. The van der Waals surface area contributed by atoms with Gasteiger partial charge in [0.25, 0.3) is 0 Å². The van der Waals surface area contributed by atoms with E-state index < -0.39 is 6.10 Å². The highest BCUT2D eigenvalue weighted by Gasteiger charge is 2.23. The van der Waals surface area contributed by atoms with Crippen molar-refractivity contribution in [3.63, 3.8) is 0 Å². The summed E-state index contributed by atoms with van der Waals surface area (Å²) in [4.78, 5) is 9.05. The van der Waals surface area contributed by atoms with Crippen LogP contribution in [0.25, 0.3) is 0 Å². The third-order valence-corrected chi connectivity index (χ3v) is 3.53. The SMILES string of the molecule is CC1CN(c2ncccc2[C@H](C)O)CCN1C. The Morgan fingerprint density at radius 1 is 1.47 bits per heavy atom. The smallest absolute Gasteiger partial charge is 0.134 e. The highest BCUT2D eigenvalue weighted by atomic mass is 16.3. The van der Waals surface area contributed by atoms with Gasteiger partial charge in [-0.25, -0.2) is 4.98 Å². The van der Waals surface area contributed by atoms with Gasteiger partial charge in [-0.15, -0.1) is 0 Å². The number of rotatable bonds is 2. The van der Waals surface area contributed by atoms with Crippen molar-refractivity contribution in [2.75, 3.05) is 31.6 Å². The molecule has 1 aliphatic heterocycles. The molecule has 0 amide bonds. The van der Waals surface area contributed by atoms with Crippen molar-refractivity contribution in [3.8, 4) is 0 Å². The van der Waals surface area contributed by atoms with Gasteiger partial charge in [0.2, 0.25) is 0 Å². The third-order valence-electron chi connectivity index (χ3n) is 3.53. The Balaban J connectivity index is 2.22. The van der Waals surface area contributed by atoms with Crippen LogP contribution in [0.1, 0.15) is 25.5 Å². The summed E-state index contributed by atoms with van der Waals surface area (Å²) in [5.74, 6) is 0.933. The molecule has 2 heterocycles. The van der Waals surface area contributed by atoms with Crippen molar-refractivity contribution in [2.24, 2.45) is 0 Å². The van der Waals surface area contributed by atoms with Crippen LogP contribution in [0.15, 0.2) is 18.3 Å². The summed E-state index contributed by atoms with van der Waals surface area (Å²) >= 11 is 0. The molecule has 0 aliphatic carbocycles. The summed E-state index contributed by atoms with van der Waals surface area (Å²) in [7, 11) is 2.15. The van der Waals surface area contributed by atoms with Crippen LogP contribution in [0.5, 0.6) is 0 Å². The average Bonchev–Trinajstić information content (AvgIpc) is 2.32. The van der Waals surface area contributed by atoms with Crippen molar-refractivity contribution in [1.29, 1.82) is 0 Å². The molecular weight excluding hydrogens is 214 g/mol. The molecule has 1 N–H and O–H groups in total. The fourth-order valence-corrected chi connectivity index (χ4v) is 2.24. The third kappa shape index (κ3) is 2.58. The van der Waals surface area contributed by atoms with Crippen LogP contribution in [0.3, 0.4) is 0 Å². The van der Waals surface area contributed by atoms with E-state index in [2.05, 4.69) is 28.8 Å². The van der Waals surface area contributed by atoms with E-state index in [4.69, 9.17) is 0 Å². The van der Waals surface area contributed by atoms with Crippen molar-refractivity contribution in [1.82, 2.24) is 9.88 Å². The van der Waals surface area contributed by atoms with Crippen LogP contribution in [-0.2, 0) is 0 Å². The van der Waals surface area contributed by atoms with Gasteiger partial charge in [0.1, 0.15) is 5.82 Å². The van der Waals surface area contributed by atoms with E-state index in [0.717, 1.165) is 31.0 Å². The number of aliphatic hydroxyl groups is 1. The minimum absolute atomic E-state index is 0.464. The predicted molar refractivity (Wildman–Crippen MR) is 69.2 cm³/mol. The molecule has 2 rings (SSSR count). The normalized spacial score (nSPS) is 23.8. The molecule has 1 aromatic rings. The quantitative estimate of drug-likeness (QED) is 0.838. The lowest BCUT2D eigenvalue weighted by Crippen LogP contribution is -2.50. The molecule has 1 unspecified atom stereocenters. The van der Waals surface area contributed by atoms with Gasteiger partial charge in [-0.1, -0.05) is 6.07 Å². The molecule has 17 heavy (non-hydrogen) atoms. The highest BCUT2D eigenvalue weighted by molar-refractivity contribution is 5.48. The standard InChI is InChI=1S/C13H21N3O/c1-10-9-16(8-7-15(10)3)13-12(11(2)17)5-4-6-14-13/h4-6,10-11,17H,7-9H2,1-3H3/t10?,11-/m0/s1. The molecule has 4 heteroatoms. The summed E-state index contributed by atoms with van der Waals surface area (Å²) in [5.41, 5.74) is 0.921. The Morgan fingerprint density at radius 3 is 2.88 bits per heavy atom. The van der Waals surface area contributed by atoms with Crippen LogP contribution in [0, 0.1) is 0 Å². The van der Waals surface area contributed by atoms with Gasteiger partial charge < -0.3 is 14.9 Å². The van der Waals surface area contributed by atoms with E-state index in [1.54, 1.807) is 13.1 Å². The molecule has 1 aliphatic rings. The number of hydrogen-bond donors (Lipinski definition) is 1. The van der Waals surface area contributed by atoms with Crippen LogP contribution in [0.2, 0.25) is 0 Å². The Bertz CT molecular complexity index is 381. The molecule has 94 valence electrons. The number of anilines is 1. The number of aliphatic hydroxyl groups excluding tert-OH is 1. The van der Waals surface area contributed by atoms with Gasteiger partial charge in [-0.3, -0.25) is 0 Å². The molecule has 1 fully saturated rings. The lowest BCUT2D eigenvalue weighted by Gasteiger charge is -2.39. The van der Waals surface area contributed by atoms with Crippen molar-refractivity contribution < 1.29 is 5.11 Å². The summed E-state index contributed by atoms with van der Waals surface area (Å²) in [5, 5.41) is 9.78. The molecule has 1 saturated heterocycles. The summed E-state index contributed by atoms with van der Waals surface area (Å²) in [6, 6.07) is 4.36. The van der Waals surface area contributed by atoms with Crippen molar-refractivity contribution in [3.05, 3.63) is 23.9 Å². The molecule has 1 aromatic heterocycles. The number of hydrogen-bond acceptors (Lipinski definition) is 4. The Labute approximate surface area is 103 Å². The second-order valence-corrected chi connectivity index (χ2v) is 4.87. The number of likely N-dealkylation sites (N-methyl/N-ethyl adjacent to an activating group) is 1. The first-order chi connectivity index (χ1) is 8.09. The Morgan fingerprint density at radius 2 is 2.24 bits per heavy atom. The molecule has 0 radical (unpaired) electrons. The number of piperazine rings is 1. The second-order valence-electron chi connectivity index (χ2n) is 4.87. The van der Waals surface area contributed by atoms with Crippen molar-refractivity contribution >= 4 is 5.82 Å². The lowest BCUT2D eigenvalue weighted by molar-refractivity contribution is 0.197. The molecule has 4 nitrogen and oxygen atoms in total. The summed E-state index contributed by atoms with van der Waals surface area (Å²) < 4.78 is 0. The monoisotopic (exact) mass is 235 g/mol. The van der Waals surface area contributed by atoms with Gasteiger partial charge in [0.15, 0.2) is 0 Å². The molecule has 0 aromatic carbocycles. The van der Waals surface area contributed by atoms with Crippen LogP contribution < -0.4 is 4.90 Å². The zero-order chi connectivity index (χ0) is 12.4. The fraction of sp³-hybridized carbons (Fsp3) is 0.615. The van der Waals surface area contributed by atoms with E-state index >= 15 is 0 Å². The van der Waals surface area contributed by atoms with E-state index in [0.29, 0.717) is 6.04 Å². The first kappa shape index (κ1) is 12.3. The van der Waals surface area contributed by atoms with E-state index in [9.17, 15) is 5.11 Å². The molecule has 0 bridgehead atoms. The van der Waals surface area contributed by atoms with Crippen LogP contribution in [0.4, 0.5) is 5.82 Å². The van der Waals surface area contributed by atoms with Gasteiger partial charge in [0, 0.05) is 37.4 Å². The van der Waals surface area contributed by atoms with Crippen LogP contribution in [-0.4, -0.2) is 47.7 Å². The number of aromatic nitrogens is 1. The number of pyridine rings is 1. The first-order valence-electron chi connectivity index (χ1n) is 6.17. The summed E-state index contributed by atoms with van der Waals surface area (Å²) in [6.45, 7) is 6.99. The number of nitrogens with zero attached hydrogens (tertiary/aromatic N) is 3. The topological polar surface area (TPSA) is 39.6 Å². The van der Waals surface area contributed by atoms with Gasteiger partial charge in [-0.05, 0) is 27.0 Å². The van der Waals surface area contributed by atoms with Crippen molar-refractivity contribution in [2.45, 2.75) is 26.0 Å². The maximum atomic E-state index is 9.78. The van der Waals surface area contributed by atoms with Gasteiger partial charge in [-0.2, -0.15) is 0 Å². The predicted octanol–water partition coefficient (Wildman–Crippen LogP) is 1.28. The fourth-order valence-electron chi connectivity index (χ4n) is 2.24. The second kappa shape index (κ2) is 5.02. The molecule has 2 atom stereocenters. The zero-order valence-electron chi connectivity index (χ0n) is 10.8. The first-order valence-corrected chi connectivity index (χ1v) is 6.17. The Kier molecular flexibility index (Phi) is 3.64. The minimum Gasteiger partial charge on any atom is -0.389 e. The molecule has 0 spiro atoms. The van der Waals surface area contributed by atoms with Gasteiger partial charge >= 0.3 is 0 Å². The lowest BCUT2D eigenvalue weighted by atomic mass is 10.1. The van der Waals surface area contributed by atoms with Gasteiger partial charge in [0.05, 0.1) is 6.10 Å².